The van der Waals surface area contributed by atoms with Crippen LogP contribution in [0.25, 0.3) is 0 Å². The molecule has 1 heteroatoms. The van der Waals surface area contributed by atoms with Gasteiger partial charge in [0.05, 0.1) is 6.66 Å². The van der Waals surface area contributed by atoms with Gasteiger partial charge in [-0.3, -0.25) is 0 Å². The second kappa shape index (κ2) is 10.6. The molecule has 0 nitrogen and oxygen atoms in total. The van der Waals surface area contributed by atoms with Gasteiger partial charge in [-0.25, -0.2) is 0 Å². The molecule has 0 atom stereocenters. The molecule has 0 saturated heterocycles. The molecule has 0 aliphatic heterocycles. The first-order chi connectivity index (χ1) is 15.2. The second-order valence-corrected chi connectivity index (χ2v) is 13.0. The van der Waals surface area contributed by atoms with Crippen LogP contribution in [0.15, 0.2) is 84.9 Å². The van der Waals surface area contributed by atoms with E-state index in [9.17, 15) is 0 Å². The van der Waals surface area contributed by atoms with Gasteiger partial charge in [0, 0.05) is 0 Å². The van der Waals surface area contributed by atoms with E-state index in [1.165, 1.54) is 62.0 Å². The Morgan fingerprint density at radius 3 is 1.81 bits per heavy atom. The number of hydrogen-bond acceptors (Lipinski definition) is 0. The maximum Gasteiger partial charge on any atom is 0.109 e. The summed E-state index contributed by atoms with van der Waals surface area (Å²) in [7, 11) is -1.67. The summed E-state index contributed by atoms with van der Waals surface area (Å²) in [5.41, 5.74) is 1.62. The zero-order valence-corrected chi connectivity index (χ0v) is 20.2. The number of benzene rings is 3. The Hall–Kier alpha value is -1.91. The van der Waals surface area contributed by atoms with E-state index in [0.29, 0.717) is 5.92 Å². The Balaban J connectivity index is 1.66. The van der Waals surface area contributed by atoms with Crippen LogP contribution in [0.1, 0.15) is 69.8 Å². The normalized spacial score (nSPS) is 19.3. The highest BCUT2D eigenvalue weighted by Gasteiger charge is 2.43. The van der Waals surface area contributed by atoms with E-state index >= 15 is 0 Å². The van der Waals surface area contributed by atoms with E-state index in [2.05, 4.69) is 98.5 Å². The third kappa shape index (κ3) is 4.96. The molecule has 0 aromatic heterocycles. The minimum absolute atomic E-state index is 0.713. The van der Waals surface area contributed by atoms with Crippen LogP contribution in [-0.4, -0.2) is 6.66 Å². The number of rotatable bonds is 8. The highest BCUT2D eigenvalue weighted by atomic mass is 31.2. The number of hydrogen-bond donors (Lipinski definition) is 0. The van der Waals surface area contributed by atoms with Gasteiger partial charge >= 0.3 is 0 Å². The quantitative estimate of drug-likeness (QED) is 0.257. The fourth-order valence-electron chi connectivity index (χ4n) is 5.56. The average molecular weight is 430 g/mol. The third-order valence-corrected chi connectivity index (χ3v) is 11.5. The minimum Gasteiger partial charge on any atom is -0.0654 e. The molecule has 3 aromatic rings. The van der Waals surface area contributed by atoms with Crippen LogP contribution < -0.4 is 15.9 Å². The number of unbranched alkanes of at least 4 members (excludes halogenated alkanes) is 2. The molecule has 1 aliphatic carbocycles. The van der Waals surface area contributed by atoms with Gasteiger partial charge in [-0.2, -0.15) is 0 Å². The molecule has 3 aromatic carbocycles. The van der Waals surface area contributed by atoms with Crippen LogP contribution in [0.3, 0.4) is 0 Å². The van der Waals surface area contributed by atoms with Gasteiger partial charge in [-0.1, -0.05) is 87.2 Å². The Bertz CT molecular complexity index is 883. The van der Waals surface area contributed by atoms with Crippen molar-refractivity contribution in [2.75, 3.05) is 6.66 Å². The Morgan fingerprint density at radius 2 is 1.23 bits per heavy atom. The first-order valence-electron chi connectivity index (χ1n) is 12.3. The van der Waals surface area contributed by atoms with Crippen LogP contribution >= 0.6 is 7.26 Å². The largest absolute Gasteiger partial charge is 0.109 e. The van der Waals surface area contributed by atoms with Crippen LogP contribution in [0, 0.1) is 5.92 Å². The molecule has 0 unspecified atom stereocenters. The molecule has 1 aliphatic rings. The van der Waals surface area contributed by atoms with Crippen LogP contribution in [0.4, 0.5) is 0 Å². The van der Waals surface area contributed by atoms with E-state index in [1.54, 1.807) is 10.9 Å². The molecule has 1 saturated carbocycles. The summed E-state index contributed by atoms with van der Waals surface area (Å²) in [5.74, 6) is 1.67. The van der Waals surface area contributed by atoms with Crippen molar-refractivity contribution >= 4 is 23.2 Å². The monoisotopic (exact) mass is 429 g/mol. The van der Waals surface area contributed by atoms with Gasteiger partial charge in [-0.05, 0) is 73.4 Å². The van der Waals surface area contributed by atoms with Crippen LogP contribution in [0.5, 0.6) is 0 Å². The van der Waals surface area contributed by atoms with Crippen molar-refractivity contribution in [1.29, 1.82) is 0 Å². The standard InChI is InChI=1S/C30H38P/c1-3-4-7-14-25-21-23-26(24-22-25)29-19-12-13-20-30(29)31(2,27-15-8-5-9-16-27)28-17-10-6-11-18-28/h5-6,8-13,15-20,25-26H,3-4,7,14,21-24H2,1-2H3/q+1. The summed E-state index contributed by atoms with van der Waals surface area (Å²) in [6.07, 6.45) is 11.1. The summed E-state index contributed by atoms with van der Waals surface area (Å²) < 4.78 is 0. The smallest absolute Gasteiger partial charge is 0.0654 e. The van der Waals surface area contributed by atoms with Gasteiger partial charge in [0.1, 0.15) is 23.2 Å². The van der Waals surface area contributed by atoms with E-state index in [-0.39, 0.29) is 0 Å². The molecular formula is C30H38P+. The summed E-state index contributed by atoms with van der Waals surface area (Å²) in [4.78, 5) is 0. The summed E-state index contributed by atoms with van der Waals surface area (Å²) in [6, 6.07) is 31.9. The van der Waals surface area contributed by atoms with E-state index in [1.807, 2.05) is 0 Å². The predicted molar refractivity (Wildman–Crippen MR) is 140 cm³/mol. The molecule has 0 bridgehead atoms. The van der Waals surface area contributed by atoms with Crippen molar-refractivity contribution in [2.45, 2.75) is 64.2 Å². The molecule has 0 spiro atoms. The first-order valence-corrected chi connectivity index (χ1v) is 14.5. The van der Waals surface area contributed by atoms with Crippen molar-refractivity contribution in [3.8, 4) is 0 Å². The molecular weight excluding hydrogens is 391 g/mol. The molecule has 0 amide bonds. The lowest BCUT2D eigenvalue weighted by Gasteiger charge is -2.32. The van der Waals surface area contributed by atoms with Crippen molar-refractivity contribution in [3.05, 3.63) is 90.5 Å². The zero-order chi connectivity index (χ0) is 21.5. The van der Waals surface area contributed by atoms with Gasteiger partial charge in [-0.15, -0.1) is 0 Å². The van der Waals surface area contributed by atoms with Crippen molar-refractivity contribution < 1.29 is 0 Å². The van der Waals surface area contributed by atoms with E-state index in [0.717, 1.165) is 5.92 Å². The minimum atomic E-state index is -1.67. The highest BCUT2D eigenvalue weighted by molar-refractivity contribution is 7.95. The van der Waals surface area contributed by atoms with Gasteiger partial charge < -0.3 is 0 Å². The van der Waals surface area contributed by atoms with Crippen LogP contribution in [0.2, 0.25) is 0 Å². The van der Waals surface area contributed by atoms with Crippen LogP contribution in [-0.2, 0) is 0 Å². The molecule has 1 fully saturated rings. The molecule has 0 heterocycles. The molecule has 0 N–H and O–H groups in total. The third-order valence-electron chi connectivity index (χ3n) is 7.47. The second-order valence-electron chi connectivity index (χ2n) is 9.45. The lowest BCUT2D eigenvalue weighted by Crippen LogP contribution is -2.33. The lowest BCUT2D eigenvalue weighted by atomic mass is 9.77. The fraction of sp³-hybridized carbons (Fsp3) is 0.400. The van der Waals surface area contributed by atoms with E-state index in [4.69, 9.17) is 0 Å². The SMILES string of the molecule is CCCCCC1CCC(c2ccccc2[P+](C)(c2ccccc2)c2ccccc2)CC1. The topological polar surface area (TPSA) is 0 Å². The zero-order valence-electron chi connectivity index (χ0n) is 19.3. The Morgan fingerprint density at radius 1 is 0.677 bits per heavy atom. The Kier molecular flexibility index (Phi) is 7.62. The van der Waals surface area contributed by atoms with Gasteiger partial charge in [0.25, 0.3) is 0 Å². The molecule has 0 radical (unpaired) electrons. The highest BCUT2D eigenvalue weighted by Crippen LogP contribution is 2.53. The summed E-state index contributed by atoms with van der Waals surface area (Å²) in [5, 5.41) is 4.57. The lowest BCUT2D eigenvalue weighted by molar-refractivity contribution is 0.303. The van der Waals surface area contributed by atoms with Crippen molar-refractivity contribution in [2.24, 2.45) is 5.92 Å². The summed E-state index contributed by atoms with van der Waals surface area (Å²) >= 11 is 0. The van der Waals surface area contributed by atoms with Gasteiger partial charge in [0.2, 0.25) is 0 Å². The maximum absolute atomic E-state index is 2.53. The molecule has 31 heavy (non-hydrogen) atoms. The molecule has 4 rings (SSSR count). The molecule has 162 valence electrons. The van der Waals surface area contributed by atoms with Crippen molar-refractivity contribution in [3.63, 3.8) is 0 Å². The Labute approximate surface area is 190 Å². The van der Waals surface area contributed by atoms with E-state index < -0.39 is 7.26 Å². The van der Waals surface area contributed by atoms with Crippen molar-refractivity contribution in [1.82, 2.24) is 0 Å². The predicted octanol–water partition coefficient (Wildman–Crippen LogP) is 7.46. The first kappa shape index (κ1) is 22.3. The fourth-order valence-corrected chi connectivity index (χ4v) is 9.11. The summed E-state index contributed by atoms with van der Waals surface area (Å²) in [6.45, 7) is 4.85. The maximum atomic E-state index is 2.53. The van der Waals surface area contributed by atoms with Gasteiger partial charge in [0.15, 0.2) is 0 Å². The average Bonchev–Trinajstić information content (AvgIpc) is 2.85.